The average Bonchev–Trinajstić information content (AvgIpc) is 2.46. The van der Waals surface area contributed by atoms with E-state index in [2.05, 4.69) is 24.1 Å². The third-order valence-electron chi connectivity index (χ3n) is 3.42. The molecule has 1 aromatic carbocycles. The van der Waals surface area contributed by atoms with Crippen LogP contribution in [0.1, 0.15) is 43.0 Å². The summed E-state index contributed by atoms with van der Waals surface area (Å²) in [5, 5.41) is 3.46. The largest absolute Gasteiger partial charge is 0.310 e. The van der Waals surface area contributed by atoms with Gasteiger partial charge in [-0.3, -0.25) is 4.98 Å². The Morgan fingerprint density at radius 1 is 1.20 bits per heavy atom. The summed E-state index contributed by atoms with van der Waals surface area (Å²) in [4.78, 5) is 4.02. The number of hydrogen-bond donors (Lipinski definition) is 1. The molecular weight excluding hydrogens is 251 g/mol. The second kappa shape index (κ2) is 7.15. The lowest BCUT2D eigenvalue weighted by Gasteiger charge is -2.18. The van der Waals surface area contributed by atoms with Crippen LogP contribution in [0.3, 0.4) is 0 Å². The fourth-order valence-corrected chi connectivity index (χ4v) is 2.34. The van der Waals surface area contributed by atoms with E-state index in [0.717, 1.165) is 36.1 Å². The molecule has 0 aliphatic carbocycles. The van der Waals surface area contributed by atoms with Gasteiger partial charge in [0.05, 0.1) is 0 Å². The van der Waals surface area contributed by atoms with Gasteiger partial charge in [0.1, 0.15) is 5.82 Å². The Kier molecular flexibility index (Phi) is 5.24. The molecule has 1 heterocycles. The van der Waals surface area contributed by atoms with Gasteiger partial charge in [0.2, 0.25) is 0 Å². The van der Waals surface area contributed by atoms with Crippen LogP contribution in [0, 0.1) is 5.82 Å². The number of rotatable bonds is 6. The van der Waals surface area contributed by atoms with Gasteiger partial charge in [-0.25, -0.2) is 4.39 Å². The summed E-state index contributed by atoms with van der Waals surface area (Å²) in [6, 6.07) is 9.24. The predicted molar refractivity (Wildman–Crippen MR) is 80.2 cm³/mol. The molecule has 0 saturated heterocycles. The maximum Gasteiger partial charge on any atom is 0.123 e. The maximum absolute atomic E-state index is 13.5. The summed E-state index contributed by atoms with van der Waals surface area (Å²) in [6.07, 6.45) is 5.36. The second-order valence-corrected chi connectivity index (χ2v) is 5.05. The molecule has 0 fully saturated rings. The van der Waals surface area contributed by atoms with Gasteiger partial charge in [-0.05, 0) is 67.3 Å². The minimum Gasteiger partial charge on any atom is -0.310 e. The number of pyridine rings is 1. The molecule has 0 amide bonds. The number of hydrogen-bond acceptors (Lipinski definition) is 2. The van der Waals surface area contributed by atoms with Crippen molar-refractivity contribution in [3.8, 4) is 0 Å². The first-order valence-electron chi connectivity index (χ1n) is 7.11. The van der Waals surface area contributed by atoms with Crippen LogP contribution in [0.25, 0.3) is 0 Å². The van der Waals surface area contributed by atoms with E-state index >= 15 is 0 Å². The Morgan fingerprint density at radius 3 is 2.65 bits per heavy atom. The maximum atomic E-state index is 13.5. The topological polar surface area (TPSA) is 24.9 Å². The fourth-order valence-electron chi connectivity index (χ4n) is 2.34. The lowest BCUT2D eigenvalue weighted by atomic mass is 9.96. The molecule has 20 heavy (non-hydrogen) atoms. The van der Waals surface area contributed by atoms with E-state index in [1.54, 1.807) is 18.5 Å². The first-order chi connectivity index (χ1) is 9.70. The number of aromatic nitrogens is 1. The van der Waals surface area contributed by atoms with Crippen molar-refractivity contribution in [3.05, 3.63) is 65.2 Å². The highest BCUT2D eigenvalue weighted by molar-refractivity contribution is 5.34. The van der Waals surface area contributed by atoms with E-state index in [1.807, 2.05) is 18.2 Å². The summed E-state index contributed by atoms with van der Waals surface area (Å²) in [6.45, 7) is 5.23. The summed E-state index contributed by atoms with van der Waals surface area (Å²) >= 11 is 0. The summed E-state index contributed by atoms with van der Waals surface area (Å²) < 4.78 is 13.5. The van der Waals surface area contributed by atoms with Crippen LogP contribution in [0.4, 0.5) is 4.39 Å². The predicted octanol–water partition coefficient (Wildman–Crippen LogP) is 3.87. The highest BCUT2D eigenvalue weighted by Crippen LogP contribution is 2.22. The van der Waals surface area contributed by atoms with Crippen LogP contribution in [0.15, 0.2) is 42.7 Å². The molecule has 106 valence electrons. The zero-order valence-corrected chi connectivity index (χ0v) is 12.1. The monoisotopic (exact) mass is 272 g/mol. The van der Waals surface area contributed by atoms with Gasteiger partial charge in [0.25, 0.3) is 0 Å². The van der Waals surface area contributed by atoms with Crippen molar-refractivity contribution in [3.63, 3.8) is 0 Å². The van der Waals surface area contributed by atoms with E-state index in [0.29, 0.717) is 0 Å². The van der Waals surface area contributed by atoms with Crippen LogP contribution in [-0.4, -0.2) is 11.5 Å². The molecule has 1 atom stereocenters. The molecule has 0 aliphatic heterocycles. The molecule has 2 aromatic rings. The average molecular weight is 272 g/mol. The minimum absolute atomic E-state index is 0.180. The molecule has 1 aromatic heterocycles. The Labute approximate surface area is 120 Å². The Morgan fingerprint density at radius 2 is 1.95 bits per heavy atom. The van der Waals surface area contributed by atoms with Crippen molar-refractivity contribution >= 4 is 0 Å². The highest BCUT2D eigenvalue weighted by atomic mass is 19.1. The number of nitrogens with one attached hydrogen (secondary N) is 1. The minimum atomic E-state index is -0.180. The van der Waals surface area contributed by atoms with E-state index in [-0.39, 0.29) is 11.9 Å². The molecule has 1 unspecified atom stereocenters. The first kappa shape index (κ1) is 14.7. The fraction of sp³-hybridized carbons (Fsp3) is 0.353. The summed E-state index contributed by atoms with van der Waals surface area (Å²) in [5.41, 5.74) is 3.35. The number of nitrogens with zero attached hydrogens (tertiary/aromatic N) is 1. The molecule has 0 spiro atoms. The number of halogens is 1. The lowest BCUT2D eigenvalue weighted by Crippen LogP contribution is -2.20. The molecule has 1 N–H and O–H groups in total. The van der Waals surface area contributed by atoms with Crippen molar-refractivity contribution in [2.45, 2.75) is 32.7 Å². The zero-order chi connectivity index (χ0) is 14.4. The van der Waals surface area contributed by atoms with Crippen LogP contribution in [0.2, 0.25) is 0 Å². The second-order valence-electron chi connectivity index (χ2n) is 5.05. The zero-order valence-electron chi connectivity index (χ0n) is 12.1. The smallest absolute Gasteiger partial charge is 0.123 e. The number of benzene rings is 1. The first-order valence-corrected chi connectivity index (χ1v) is 7.11. The van der Waals surface area contributed by atoms with Gasteiger partial charge in [0.15, 0.2) is 0 Å². The van der Waals surface area contributed by atoms with Crippen molar-refractivity contribution in [1.29, 1.82) is 0 Å². The summed E-state index contributed by atoms with van der Waals surface area (Å²) in [7, 11) is 0. The molecular formula is C17H21FN2. The van der Waals surface area contributed by atoms with Gasteiger partial charge in [-0.2, -0.15) is 0 Å². The molecule has 0 saturated carbocycles. The Bertz CT molecular complexity index is 540. The Balaban J connectivity index is 2.24. The van der Waals surface area contributed by atoms with Gasteiger partial charge >= 0.3 is 0 Å². The highest BCUT2D eigenvalue weighted by Gasteiger charge is 2.11. The van der Waals surface area contributed by atoms with Crippen molar-refractivity contribution in [2.75, 3.05) is 6.54 Å². The van der Waals surface area contributed by atoms with Crippen molar-refractivity contribution in [2.24, 2.45) is 0 Å². The molecule has 2 nitrogen and oxygen atoms in total. The normalized spacial score (nSPS) is 12.3. The third-order valence-corrected chi connectivity index (χ3v) is 3.42. The molecule has 0 aliphatic rings. The van der Waals surface area contributed by atoms with E-state index in [1.165, 1.54) is 6.07 Å². The quantitative estimate of drug-likeness (QED) is 0.863. The van der Waals surface area contributed by atoms with Crippen molar-refractivity contribution in [1.82, 2.24) is 10.3 Å². The van der Waals surface area contributed by atoms with Crippen LogP contribution in [-0.2, 0) is 6.42 Å². The molecule has 3 heteroatoms. The third kappa shape index (κ3) is 3.87. The molecule has 0 bridgehead atoms. The van der Waals surface area contributed by atoms with Crippen LogP contribution in [0.5, 0.6) is 0 Å². The van der Waals surface area contributed by atoms with Gasteiger partial charge in [-0.1, -0.05) is 13.0 Å². The van der Waals surface area contributed by atoms with E-state index < -0.39 is 0 Å². The molecule has 0 radical (unpaired) electrons. The van der Waals surface area contributed by atoms with Gasteiger partial charge in [0, 0.05) is 18.4 Å². The molecule has 2 rings (SSSR count). The SMILES string of the molecule is CCCNC(C)c1ccc(F)cc1Cc1ccncc1. The van der Waals surface area contributed by atoms with Gasteiger partial charge < -0.3 is 5.32 Å². The standard InChI is InChI=1S/C17H21FN2/c1-3-8-20-13(2)17-5-4-16(18)12-15(17)11-14-6-9-19-10-7-14/h4-7,9-10,12-13,20H,3,8,11H2,1-2H3. The van der Waals surface area contributed by atoms with Crippen LogP contribution >= 0.6 is 0 Å². The van der Waals surface area contributed by atoms with Crippen molar-refractivity contribution < 1.29 is 4.39 Å². The van der Waals surface area contributed by atoms with E-state index in [4.69, 9.17) is 0 Å². The summed E-state index contributed by atoms with van der Waals surface area (Å²) in [5.74, 6) is -0.180. The van der Waals surface area contributed by atoms with Gasteiger partial charge in [-0.15, -0.1) is 0 Å². The van der Waals surface area contributed by atoms with Crippen LogP contribution < -0.4 is 5.32 Å². The van der Waals surface area contributed by atoms with E-state index in [9.17, 15) is 4.39 Å². The Hall–Kier alpha value is -1.74. The lowest BCUT2D eigenvalue weighted by molar-refractivity contribution is 0.563.